The molecule has 0 saturated heterocycles. The van der Waals surface area contributed by atoms with Crippen LogP contribution in [0.5, 0.6) is 11.5 Å². The van der Waals surface area contributed by atoms with Gasteiger partial charge in [-0.1, -0.05) is 11.2 Å². The highest BCUT2D eigenvalue weighted by Gasteiger charge is 2.13. The Labute approximate surface area is 149 Å². The van der Waals surface area contributed by atoms with Gasteiger partial charge in [0.05, 0.1) is 32.9 Å². The van der Waals surface area contributed by atoms with Crippen LogP contribution in [0.15, 0.2) is 46.3 Å². The number of methoxy groups -OCH3 is 2. The molecular weight excluding hydrogens is 340 g/mol. The molecule has 0 aliphatic carbocycles. The predicted molar refractivity (Wildman–Crippen MR) is 94.9 cm³/mol. The van der Waals surface area contributed by atoms with Gasteiger partial charge in [-0.15, -0.1) is 11.3 Å². The quantitative estimate of drug-likeness (QED) is 0.702. The monoisotopic (exact) mass is 358 g/mol. The van der Waals surface area contributed by atoms with Gasteiger partial charge in [-0.25, -0.2) is 0 Å². The number of hydrogen-bond acceptors (Lipinski definition) is 6. The first kappa shape index (κ1) is 17.0. The van der Waals surface area contributed by atoms with E-state index in [4.69, 9.17) is 14.0 Å². The number of rotatable bonds is 7. The Hall–Kier alpha value is -2.80. The first-order valence-corrected chi connectivity index (χ1v) is 8.54. The molecule has 0 unspecified atom stereocenters. The number of ether oxygens (including phenoxy) is 2. The third kappa shape index (κ3) is 4.19. The number of carbonyl (C=O) groups is 1. The number of hydrogen-bond donors (Lipinski definition) is 1. The molecule has 0 aliphatic rings. The van der Waals surface area contributed by atoms with Crippen molar-refractivity contribution in [3.8, 4) is 22.8 Å². The molecule has 1 N–H and O–H groups in total. The van der Waals surface area contributed by atoms with E-state index in [1.54, 1.807) is 43.8 Å². The third-order valence-corrected chi connectivity index (χ3v) is 4.48. The summed E-state index contributed by atoms with van der Waals surface area (Å²) in [5, 5.41) is 8.82. The summed E-state index contributed by atoms with van der Waals surface area (Å²) in [5.41, 5.74) is 1.38. The first-order valence-electron chi connectivity index (χ1n) is 7.66. The molecule has 1 aromatic carbocycles. The molecular formula is C18H18N2O4S. The molecule has 3 rings (SSSR count). The number of aromatic nitrogens is 1. The van der Waals surface area contributed by atoms with Crippen LogP contribution in [0.4, 0.5) is 0 Å². The van der Waals surface area contributed by atoms with Crippen molar-refractivity contribution in [2.75, 3.05) is 14.2 Å². The van der Waals surface area contributed by atoms with Crippen molar-refractivity contribution < 1.29 is 18.8 Å². The molecule has 2 aromatic heterocycles. The molecule has 2 heterocycles. The summed E-state index contributed by atoms with van der Waals surface area (Å²) in [7, 11) is 3.16. The van der Waals surface area contributed by atoms with Crippen molar-refractivity contribution in [3.05, 3.63) is 52.3 Å². The fraction of sp³-hybridized carbons (Fsp3) is 0.222. The van der Waals surface area contributed by atoms with Gasteiger partial charge in [-0.3, -0.25) is 4.79 Å². The van der Waals surface area contributed by atoms with Crippen LogP contribution in [-0.4, -0.2) is 25.3 Å². The van der Waals surface area contributed by atoms with Gasteiger partial charge in [0.1, 0.15) is 0 Å². The predicted octanol–water partition coefficient (Wildman–Crippen LogP) is 3.28. The van der Waals surface area contributed by atoms with Crippen LogP contribution in [0.3, 0.4) is 0 Å². The minimum absolute atomic E-state index is 0.0967. The second kappa shape index (κ2) is 7.85. The normalized spacial score (nSPS) is 10.5. The zero-order valence-corrected chi connectivity index (χ0v) is 14.8. The maximum absolute atomic E-state index is 12.0. The summed E-state index contributed by atoms with van der Waals surface area (Å²) < 4.78 is 15.9. The Bertz CT molecular complexity index is 843. The van der Waals surface area contributed by atoms with Gasteiger partial charge in [0.15, 0.2) is 17.3 Å². The van der Waals surface area contributed by atoms with Crippen molar-refractivity contribution in [3.63, 3.8) is 0 Å². The standard InChI is InChI=1S/C18H18N2O4S/c1-22-15-6-5-12(8-17(15)23-2)16-9-13(20-24-16)10-18(21)19-11-14-4-3-7-25-14/h3-9H,10-11H2,1-2H3,(H,19,21). The van der Waals surface area contributed by atoms with E-state index in [-0.39, 0.29) is 12.3 Å². The lowest BCUT2D eigenvalue weighted by atomic mass is 10.1. The van der Waals surface area contributed by atoms with Crippen LogP contribution in [-0.2, 0) is 17.8 Å². The number of thiophene rings is 1. The molecule has 25 heavy (non-hydrogen) atoms. The summed E-state index contributed by atoms with van der Waals surface area (Å²) in [6, 6.07) is 11.1. The van der Waals surface area contributed by atoms with Crippen molar-refractivity contribution in [1.29, 1.82) is 0 Å². The zero-order valence-electron chi connectivity index (χ0n) is 13.9. The maximum Gasteiger partial charge on any atom is 0.226 e. The van der Waals surface area contributed by atoms with Gasteiger partial charge >= 0.3 is 0 Å². The number of benzene rings is 1. The van der Waals surface area contributed by atoms with Crippen LogP contribution < -0.4 is 14.8 Å². The third-order valence-electron chi connectivity index (χ3n) is 3.61. The van der Waals surface area contributed by atoms with Crippen LogP contribution in [0, 0.1) is 0 Å². The number of nitrogens with one attached hydrogen (secondary N) is 1. The molecule has 130 valence electrons. The van der Waals surface area contributed by atoms with Crippen molar-refractivity contribution in [2.45, 2.75) is 13.0 Å². The van der Waals surface area contributed by atoms with E-state index in [0.29, 0.717) is 29.5 Å². The van der Waals surface area contributed by atoms with E-state index in [0.717, 1.165) is 10.4 Å². The minimum Gasteiger partial charge on any atom is -0.493 e. The van der Waals surface area contributed by atoms with Crippen molar-refractivity contribution in [2.24, 2.45) is 0 Å². The Morgan fingerprint density at radius 2 is 2.04 bits per heavy atom. The molecule has 0 bridgehead atoms. The van der Waals surface area contributed by atoms with Crippen molar-refractivity contribution in [1.82, 2.24) is 10.5 Å². The largest absolute Gasteiger partial charge is 0.493 e. The molecule has 0 aliphatic heterocycles. The van der Waals surface area contributed by atoms with Crippen molar-refractivity contribution >= 4 is 17.2 Å². The highest BCUT2D eigenvalue weighted by molar-refractivity contribution is 7.09. The van der Waals surface area contributed by atoms with Crippen LogP contribution in [0.2, 0.25) is 0 Å². The SMILES string of the molecule is COc1ccc(-c2cc(CC(=O)NCc3cccs3)no2)cc1OC. The van der Waals surface area contributed by atoms with Gasteiger partial charge < -0.3 is 19.3 Å². The Morgan fingerprint density at radius 3 is 2.76 bits per heavy atom. The molecule has 3 aromatic rings. The lowest BCUT2D eigenvalue weighted by Crippen LogP contribution is -2.24. The Balaban J connectivity index is 1.64. The average molecular weight is 358 g/mol. The molecule has 0 atom stereocenters. The Kier molecular flexibility index (Phi) is 5.35. The lowest BCUT2D eigenvalue weighted by molar-refractivity contribution is -0.120. The summed E-state index contributed by atoms with van der Waals surface area (Å²) in [4.78, 5) is 13.1. The van der Waals surface area contributed by atoms with Crippen LogP contribution >= 0.6 is 11.3 Å². The number of carbonyl (C=O) groups excluding carboxylic acids is 1. The number of amides is 1. The molecule has 7 heteroatoms. The topological polar surface area (TPSA) is 73.6 Å². The summed E-state index contributed by atoms with van der Waals surface area (Å²) in [5.74, 6) is 1.72. The molecule has 0 fully saturated rings. The highest BCUT2D eigenvalue weighted by atomic mass is 32.1. The second-order valence-corrected chi connectivity index (χ2v) is 6.32. The van der Waals surface area contributed by atoms with E-state index < -0.39 is 0 Å². The first-order chi connectivity index (χ1) is 12.2. The molecule has 0 radical (unpaired) electrons. The molecule has 0 saturated carbocycles. The fourth-order valence-electron chi connectivity index (χ4n) is 2.35. The average Bonchev–Trinajstić information content (AvgIpc) is 3.31. The van der Waals surface area contributed by atoms with E-state index in [1.165, 1.54) is 0 Å². The lowest BCUT2D eigenvalue weighted by Gasteiger charge is -2.07. The zero-order chi connectivity index (χ0) is 17.6. The van der Waals surface area contributed by atoms with Gasteiger partial charge in [-0.2, -0.15) is 0 Å². The summed E-state index contributed by atoms with van der Waals surface area (Å²) in [6.07, 6.45) is 0.169. The minimum atomic E-state index is -0.0967. The van der Waals surface area contributed by atoms with Gasteiger partial charge in [0.2, 0.25) is 5.91 Å². The van der Waals surface area contributed by atoms with E-state index in [9.17, 15) is 4.79 Å². The van der Waals surface area contributed by atoms with E-state index in [2.05, 4.69) is 10.5 Å². The smallest absolute Gasteiger partial charge is 0.226 e. The second-order valence-electron chi connectivity index (χ2n) is 5.29. The fourth-order valence-corrected chi connectivity index (χ4v) is 2.99. The van der Waals surface area contributed by atoms with Gasteiger partial charge in [0, 0.05) is 16.5 Å². The maximum atomic E-state index is 12.0. The molecule has 1 amide bonds. The van der Waals surface area contributed by atoms with Crippen LogP contribution in [0.1, 0.15) is 10.6 Å². The van der Waals surface area contributed by atoms with Gasteiger partial charge in [-0.05, 0) is 29.6 Å². The van der Waals surface area contributed by atoms with Crippen LogP contribution in [0.25, 0.3) is 11.3 Å². The highest BCUT2D eigenvalue weighted by Crippen LogP contribution is 2.32. The summed E-state index contributed by atoms with van der Waals surface area (Å²) >= 11 is 1.61. The van der Waals surface area contributed by atoms with E-state index >= 15 is 0 Å². The summed E-state index contributed by atoms with van der Waals surface area (Å²) in [6.45, 7) is 0.525. The van der Waals surface area contributed by atoms with E-state index in [1.807, 2.05) is 23.6 Å². The number of nitrogens with zero attached hydrogens (tertiary/aromatic N) is 1. The molecule has 6 nitrogen and oxygen atoms in total. The molecule has 0 spiro atoms. The Morgan fingerprint density at radius 1 is 1.20 bits per heavy atom. The van der Waals surface area contributed by atoms with Gasteiger partial charge in [0.25, 0.3) is 0 Å².